The second kappa shape index (κ2) is 4.25. The minimum Gasteiger partial charge on any atom is -0.453 e. The molecule has 3 nitrogen and oxygen atoms in total. The van der Waals surface area contributed by atoms with E-state index in [1.807, 2.05) is 45.9 Å². The van der Waals surface area contributed by atoms with Crippen molar-refractivity contribution in [1.29, 1.82) is 0 Å². The minimum absolute atomic E-state index is 0.142. The molecule has 3 heteroatoms. The predicted octanol–water partition coefficient (Wildman–Crippen LogP) is 3.30. The van der Waals surface area contributed by atoms with Crippen LogP contribution in [0.5, 0.6) is 0 Å². The monoisotopic (exact) mass is 245 g/mol. The van der Waals surface area contributed by atoms with E-state index in [0.717, 1.165) is 16.5 Å². The summed E-state index contributed by atoms with van der Waals surface area (Å²) in [5.41, 5.74) is 7.56. The van der Waals surface area contributed by atoms with Crippen molar-refractivity contribution in [2.75, 3.05) is 0 Å². The molecule has 1 aromatic heterocycles. The summed E-state index contributed by atoms with van der Waals surface area (Å²) in [5, 5.41) is 0.944. The highest BCUT2D eigenvalue weighted by Crippen LogP contribution is 2.25. The van der Waals surface area contributed by atoms with Crippen LogP contribution in [-0.2, 0) is 0 Å². The summed E-state index contributed by atoms with van der Waals surface area (Å²) in [6, 6.07) is 7.06. The third-order valence-corrected chi connectivity index (χ3v) is 3.13. The molecule has 0 saturated carbocycles. The van der Waals surface area contributed by atoms with Gasteiger partial charge in [0.15, 0.2) is 5.76 Å². The van der Waals surface area contributed by atoms with Crippen molar-refractivity contribution in [1.82, 2.24) is 0 Å². The zero-order valence-corrected chi connectivity index (χ0v) is 11.3. The van der Waals surface area contributed by atoms with Crippen molar-refractivity contribution in [3.05, 3.63) is 35.6 Å². The molecule has 1 atom stereocenters. The molecule has 1 unspecified atom stereocenters. The van der Waals surface area contributed by atoms with Crippen LogP contribution in [0.2, 0.25) is 0 Å². The lowest BCUT2D eigenvalue weighted by Gasteiger charge is -2.24. The molecule has 0 amide bonds. The lowest BCUT2D eigenvalue weighted by atomic mass is 9.84. The topological polar surface area (TPSA) is 56.2 Å². The van der Waals surface area contributed by atoms with Crippen LogP contribution in [0, 0.1) is 12.3 Å². The number of hydrogen-bond donors (Lipinski definition) is 1. The Kier molecular flexibility index (Phi) is 3.03. The normalized spacial score (nSPS) is 13.8. The van der Waals surface area contributed by atoms with E-state index in [2.05, 4.69) is 0 Å². The van der Waals surface area contributed by atoms with Gasteiger partial charge >= 0.3 is 0 Å². The van der Waals surface area contributed by atoms with Crippen LogP contribution in [0.15, 0.2) is 28.7 Å². The number of ketones is 1. The van der Waals surface area contributed by atoms with Gasteiger partial charge in [-0.2, -0.15) is 0 Å². The largest absolute Gasteiger partial charge is 0.453 e. The van der Waals surface area contributed by atoms with E-state index in [9.17, 15) is 4.79 Å². The van der Waals surface area contributed by atoms with Crippen LogP contribution in [-0.4, -0.2) is 11.8 Å². The maximum absolute atomic E-state index is 12.2. The number of benzene rings is 1. The molecule has 0 radical (unpaired) electrons. The van der Waals surface area contributed by atoms with Gasteiger partial charge in [0.1, 0.15) is 5.58 Å². The number of aryl methyl sites for hydroxylation is 1. The Morgan fingerprint density at radius 1 is 1.28 bits per heavy atom. The molecule has 1 aromatic carbocycles. The van der Waals surface area contributed by atoms with Gasteiger partial charge < -0.3 is 10.2 Å². The number of fused-ring (bicyclic) bond motifs is 1. The molecule has 1 heterocycles. The predicted molar refractivity (Wildman–Crippen MR) is 72.7 cm³/mol. The third kappa shape index (κ3) is 2.31. The van der Waals surface area contributed by atoms with Gasteiger partial charge in [-0.1, -0.05) is 32.4 Å². The zero-order valence-electron chi connectivity index (χ0n) is 11.3. The van der Waals surface area contributed by atoms with E-state index in [-0.39, 0.29) is 11.2 Å². The summed E-state index contributed by atoms with van der Waals surface area (Å²) in [4.78, 5) is 12.2. The Morgan fingerprint density at radius 3 is 2.56 bits per heavy atom. The summed E-state index contributed by atoms with van der Waals surface area (Å²) in [6.07, 6.45) is 0. The van der Waals surface area contributed by atoms with Crippen LogP contribution < -0.4 is 5.73 Å². The zero-order chi connectivity index (χ0) is 13.5. The van der Waals surface area contributed by atoms with Crippen molar-refractivity contribution in [3.8, 4) is 0 Å². The summed E-state index contributed by atoms with van der Waals surface area (Å²) in [7, 11) is 0. The van der Waals surface area contributed by atoms with Gasteiger partial charge in [0.25, 0.3) is 0 Å². The Labute approximate surface area is 107 Å². The Hall–Kier alpha value is -1.61. The van der Waals surface area contributed by atoms with Crippen molar-refractivity contribution in [2.24, 2.45) is 11.1 Å². The lowest BCUT2D eigenvalue weighted by molar-refractivity contribution is 0.0875. The molecule has 2 aromatic rings. The van der Waals surface area contributed by atoms with Gasteiger partial charge in [-0.3, -0.25) is 4.79 Å². The van der Waals surface area contributed by atoms with E-state index in [4.69, 9.17) is 10.2 Å². The van der Waals surface area contributed by atoms with Crippen LogP contribution in [0.25, 0.3) is 11.0 Å². The molecule has 0 spiro atoms. The fraction of sp³-hybridized carbons (Fsp3) is 0.400. The molecule has 0 aliphatic rings. The Bertz CT molecular complexity index is 590. The summed E-state index contributed by atoms with van der Waals surface area (Å²) in [5.74, 6) is 0.203. The van der Waals surface area contributed by atoms with Crippen LogP contribution in [0.1, 0.15) is 36.9 Å². The van der Waals surface area contributed by atoms with Gasteiger partial charge in [0.05, 0.1) is 6.04 Å². The first-order valence-corrected chi connectivity index (χ1v) is 6.09. The first-order valence-electron chi connectivity index (χ1n) is 6.09. The van der Waals surface area contributed by atoms with Gasteiger partial charge in [-0.15, -0.1) is 0 Å². The molecule has 2 N–H and O–H groups in total. The smallest absolute Gasteiger partial charge is 0.215 e. The van der Waals surface area contributed by atoms with E-state index < -0.39 is 6.04 Å². The van der Waals surface area contributed by atoms with Crippen LogP contribution >= 0.6 is 0 Å². The van der Waals surface area contributed by atoms with Crippen molar-refractivity contribution < 1.29 is 9.21 Å². The van der Waals surface area contributed by atoms with Crippen molar-refractivity contribution >= 4 is 16.8 Å². The van der Waals surface area contributed by atoms with E-state index >= 15 is 0 Å². The molecule has 0 bridgehead atoms. The molecule has 18 heavy (non-hydrogen) atoms. The summed E-state index contributed by atoms with van der Waals surface area (Å²) < 4.78 is 5.57. The Morgan fingerprint density at radius 2 is 1.94 bits per heavy atom. The van der Waals surface area contributed by atoms with E-state index in [1.165, 1.54) is 0 Å². The molecule has 0 saturated heterocycles. The number of nitrogens with two attached hydrogens (primary N) is 1. The number of hydrogen-bond acceptors (Lipinski definition) is 3. The first-order chi connectivity index (χ1) is 8.29. The van der Waals surface area contributed by atoms with Crippen LogP contribution in [0.3, 0.4) is 0 Å². The summed E-state index contributed by atoms with van der Waals surface area (Å²) >= 11 is 0. The number of carbonyl (C=O) groups excluding carboxylic acids is 1. The first kappa shape index (κ1) is 12.8. The van der Waals surface area contributed by atoms with Crippen molar-refractivity contribution in [2.45, 2.75) is 33.7 Å². The highest BCUT2D eigenvalue weighted by Gasteiger charge is 2.30. The Balaban J connectivity index is 2.40. The maximum atomic E-state index is 12.2. The maximum Gasteiger partial charge on any atom is 0.215 e. The quantitative estimate of drug-likeness (QED) is 0.826. The highest BCUT2D eigenvalue weighted by atomic mass is 16.3. The van der Waals surface area contributed by atoms with Gasteiger partial charge in [0.2, 0.25) is 5.78 Å². The number of carbonyl (C=O) groups is 1. The molecule has 96 valence electrons. The highest BCUT2D eigenvalue weighted by molar-refractivity contribution is 6.01. The number of rotatable bonds is 2. The van der Waals surface area contributed by atoms with Gasteiger partial charge in [0, 0.05) is 5.39 Å². The van der Waals surface area contributed by atoms with E-state index in [0.29, 0.717) is 5.76 Å². The standard InChI is InChI=1S/C15H19NO2/c1-9-5-6-11-10(7-9)8-12(18-11)13(17)14(16)15(2,3)4/h5-8,14H,16H2,1-4H3. The average Bonchev–Trinajstić information content (AvgIpc) is 2.68. The van der Waals surface area contributed by atoms with Crippen LogP contribution in [0.4, 0.5) is 0 Å². The molecule has 0 fully saturated rings. The number of Topliss-reactive ketones (excluding diaryl/α,β-unsaturated/α-hetero) is 1. The fourth-order valence-corrected chi connectivity index (χ4v) is 1.83. The molecular weight excluding hydrogens is 226 g/mol. The SMILES string of the molecule is Cc1ccc2oc(C(=O)C(N)C(C)(C)C)cc2c1. The second-order valence-electron chi connectivity index (χ2n) is 5.86. The molecule has 2 rings (SSSR count). The minimum atomic E-state index is -0.556. The van der Waals surface area contributed by atoms with Crippen molar-refractivity contribution in [3.63, 3.8) is 0 Å². The third-order valence-electron chi connectivity index (χ3n) is 3.13. The second-order valence-corrected chi connectivity index (χ2v) is 5.86. The molecular formula is C15H19NO2. The summed E-state index contributed by atoms with van der Waals surface area (Å²) in [6.45, 7) is 7.85. The average molecular weight is 245 g/mol. The lowest BCUT2D eigenvalue weighted by Crippen LogP contribution is -2.42. The fourth-order valence-electron chi connectivity index (χ4n) is 1.83. The van der Waals surface area contributed by atoms with E-state index in [1.54, 1.807) is 6.07 Å². The number of furan rings is 1. The van der Waals surface area contributed by atoms with Gasteiger partial charge in [-0.05, 0) is 30.5 Å². The van der Waals surface area contributed by atoms with Gasteiger partial charge in [-0.25, -0.2) is 0 Å². The molecule has 0 aliphatic carbocycles. The molecule has 0 aliphatic heterocycles.